The molecule has 0 bridgehead atoms. The molecule has 2 fully saturated rings. The second-order valence-corrected chi connectivity index (χ2v) is 5.98. The molecular weight excluding hydrogens is 200 g/mol. The molecule has 3 N–H and O–H groups in total. The lowest BCUT2D eigenvalue weighted by atomic mass is 9.81. The van der Waals surface area contributed by atoms with E-state index < -0.39 is 0 Å². The number of carbonyl (C=O) groups excluding carboxylic acids is 1. The third kappa shape index (κ3) is 2.97. The van der Waals surface area contributed by atoms with Gasteiger partial charge < -0.3 is 11.1 Å². The van der Waals surface area contributed by atoms with Crippen LogP contribution < -0.4 is 11.1 Å². The standard InChI is InChI=1S/C13H24N2O/c1-13(6-7-13)9-15-12(16)11-4-2-10(8-14)3-5-11/h10-11H,2-9,14H2,1H3,(H,15,16). The van der Waals surface area contributed by atoms with Crippen LogP contribution in [0.2, 0.25) is 0 Å². The van der Waals surface area contributed by atoms with Crippen molar-refractivity contribution >= 4 is 5.91 Å². The van der Waals surface area contributed by atoms with E-state index in [4.69, 9.17) is 5.73 Å². The van der Waals surface area contributed by atoms with E-state index in [0.29, 0.717) is 11.3 Å². The highest BCUT2D eigenvalue weighted by molar-refractivity contribution is 5.78. The molecule has 0 saturated heterocycles. The largest absolute Gasteiger partial charge is 0.355 e. The average molecular weight is 224 g/mol. The lowest BCUT2D eigenvalue weighted by molar-refractivity contribution is -0.126. The summed E-state index contributed by atoms with van der Waals surface area (Å²) >= 11 is 0. The van der Waals surface area contributed by atoms with Crippen molar-refractivity contribution < 1.29 is 4.79 Å². The molecule has 2 rings (SSSR count). The Hall–Kier alpha value is -0.570. The minimum absolute atomic E-state index is 0.255. The molecule has 92 valence electrons. The monoisotopic (exact) mass is 224 g/mol. The van der Waals surface area contributed by atoms with E-state index in [1.807, 2.05) is 0 Å². The van der Waals surface area contributed by atoms with Crippen LogP contribution in [-0.4, -0.2) is 19.0 Å². The Labute approximate surface area is 98.2 Å². The summed E-state index contributed by atoms with van der Waals surface area (Å²) in [7, 11) is 0. The van der Waals surface area contributed by atoms with E-state index in [-0.39, 0.29) is 11.8 Å². The first-order valence-electron chi connectivity index (χ1n) is 6.61. The summed E-state index contributed by atoms with van der Waals surface area (Å²) in [5.41, 5.74) is 6.07. The van der Waals surface area contributed by atoms with Crippen molar-refractivity contribution in [2.75, 3.05) is 13.1 Å². The lowest BCUT2D eigenvalue weighted by Gasteiger charge is -2.27. The highest BCUT2D eigenvalue weighted by atomic mass is 16.1. The van der Waals surface area contributed by atoms with Crippen LogP contribution in [0.3, 0.4) is 0 Å². The van der Waals surface area contributed by atoms with Gasteiger partial charge in [0.05, 0.1) is 0 Å². The Balaban J connectivity index is 1.69. The third-order valence-electron chi connectivity index (χ3n) is 4.34. The summed E-state index contributed by atoms with van der Waals surface area (Å²) in [5.74, 6) is 1.19. The zero-order valence-electron chi connectivity index (χ0n) is 10.3. The van der Waals surface area contributed by atoms with Crippen LogP contribution in [0.25, 0.3) is 0 Å². The predicted molar refractivity (Wildman–Crippen MR) is 64.9 cm³/mol. The zero-order chi connectivity index (χ0) is 11.6. The van der Waals surface area contributed by atoms with Crippen molar-refractivity contribution in [2.24, 2.45) is 23.0 Å². The van der Waals surface area contributed by atoms with E-state index >= 15 is 0 Å². The quantitative estimate of drug-likeness (QED) is 0.763. The lowest BCUT2D eigenvalue weighted by Crippen LogP contribution is -2.36. The van der Waals surface area contributed by atoms with Gasteiger partial charge in [0.15, 0.2) is 0 Å². The maximum absolute atomic E-state index is 11.9. The Morgan fingerprint density at radius 1 is 1.31 bits per heavy atom. The van der Waals surface area contributed by atoms with Crippen LogP contribution in [0.4, 0.5) is 0 Å². The van der Waals surface area contributed by atoms with Gasteiger partial charge in [-0.15, -0.1) is 0 Å². The van der Waals surface area contributed by atoms with E-state index in [0.717, 1.165) is 38.8 Å². The van der Waals surface area contributed by atoms with E-state index in [1.165, 1.54) is 12.8 Å². The maximum atomic E-state index is 11.9. The molecule has 2 aliphatic carbocycles. The fourth-order valence-electron chi connectivity index (χ4n) is 2.50. The molecule has 0 aromatic heterocycles. The molecule has 0 heterocycles. The Kier molecular flexibility index (Phi) is 3.53. The third-order valence-corrected chi connectivity index (χ3v) is 4.34. The summed E-state index contributed by atoms with van der Waals surface area (Å²) in [6.45, 7) is 3.91. The summed E-state index contributed by atoms with van der Waals surface area (Å²) < 4.78 is 0. The fourth-order valence-corrected chi connectivity index (χ4v) is 2.50. The molecule has 0 aliphatic heterocycles. The van der Waals surface area contributed by atoms with Crippen molar-refractivity contribution in [2.45, 2.75) is 45.4 Å². The minimum atomic E-state index is 0.255. The minimum Gasteiger partial charge on any atom is -0.355 e. The van der Waals surface area contributed by atoms with E-state index in [9.17, 15) is 4.79 Å². The van der Waals surface area contributed by atoms with E-state index in [2.05, 4.69) is 12.2 Å². The number of hydrogen-bond donors (Lipinski definition) is 2. The number of nitrogens with one attached hydrogen (secondary N) is 1. The second kappa shape index (κ2) is 4.74. The number of carbonyl (C=O) groups is 1. The number of rotatable bonds is 4. The Morgan fingerprint density at radius 3 is 2.44 bits per heavy atom. The molecule has 0 unspecified atom stereocenters. The summed E-state index contributed by atoms with van der Waals surface area (Å²) in [6, 6.07) is 0. The van der Waals surface area contributed by atoms with Gasteiger partial charge in [-0.05, 0) is 56.4 Å². The SMILES string of the molecule is CC1(CNC(=O)C2CCC(CN)CC2)CC1. The molecule has 0 spiro atoms. The molecule has 0 atom stereocenters. The van der Waals surface area contributed by atoms with Gasteiger partial charge in [0, 0.05) is 12.5 Å². The summed E-state index contributed by atoms with van der Waals surface area (Å²) in [5, 5.41) is 3.12. The van der Waals surface area contributed by atoms with Crippen LogP contribution in [0, 0.1) is 17.3 Å². The van der Waals surface area contributed by atoms with Crippen LogP contribution in [0.5, 0.6) is 0 Å². The molecule has 1 amide bonds. The molecule has 0 aromatic carbocycles. The van der Waals surface area contributed by atoms with Crippen LogP contribution >= 0.6 is 0 Å². The maximum Gasteiger partial charge on any atom is 0.223 e. The highest BCUT2D eigenvalue weighted by Crippen LogP contribution is 2.44. The summed E-state index contributed by atoms with van der Waals surface area (Å²) in [6.07, 6.45) is 6.87. The van der Waals surface area contributed by atoms with E-state index in [1.54, 1.807) is 0 Å². The molecule has 3 heteroatoms. The van der Waals surface area contributed by atoms with Crippen LogP contribution in [0.15, 0.2) is 0 Å². The van der Waals surface area contributed by atoms with Gasteiger partial charge in [-0.25, -0.2) is 0 Å². The summed E-state index contributed by atoms with van der Waals surface area (Å²) in [4.78, 5) is 11.9. The Bertz CT molecular complexity index is 253. The van der Waals surface area contributed by atoms with Crippen molar-refractivity contribution in [1.29, 1.82) is 0 Å². The second-order valence-electron chi connectivity index (χ2n) is 5.98. The first-order chi connectivity index (χ1) is 7.63. The van der Waals surface area contributed by atoms with Crippen LogP contribution in [-0.2, 0) is 4.79 Å². The molecule has 0 radical (unpaired) electrons. The Morgan fingerprint density at radius 2 is 1.94 bits per heavy atom. The van der Waals surface area contributed by atoms with Crippen molar-refractivity contribution in [1.82, 2.24) is 5.32 Å². The first kappa shape index (κ1) is 11.9. The van der Waals surface area contributed by atoms with Crippen molar-refractivity contribution in [3.05, 3.63) is 0 Å². The number of nitrogens with two attached hydrogens (primary N) is 1. The van der Waals surface area contributed by atoms with Gasteiger partial charge in [0.25, 0.3) is 0 Å². The van der Waals surface area contributed by atoms with Crippen molar-refractivity contribution in [3.63, 3.8) is 0 Å². The molecule has 2 aliphatic rings. The molecule has 2 saturated carbocycles. The predicted octanol–water partition coefficient (Wildman–Crippen LogP) is 1.67. The number of amides is 1. The molecular formula is C13H24N2O. The normalized spacial score (nSPS) is 32.1. The fraction of sp³-hybridized carbons (Fsp3) is 0.923. The number of hydrogen-bond acceptors (Lipinski definition) is 2. The van der Waals surface area contributed by atoms with Gasteiger partial charge in [0.2, 0.25) is 5.91 Å². The van der Waals surface area contributed by atoms with Crippen LogP contribution in [0.1, 0.15) is 45.4 Å². The average Bonchev–Trinajstić information content (AvgIpc) is 3.05. The molecule has 3 nitrogen and oxygen atoms in total. The smallest absolute Gasteiger partial charge is 0.223 e. The molecule has 0 aromatic rings. The van der Waals surface area contributed by atoms with Gasteiger partial charge in [0.1, 0.15) is 0 Å². The van der Waals surface area contributed by atoms with Gasteiger partial charge in [-0.1, -0.05) is 6.92 Å². The first-order valence-corrected chi connectivity index (χ1v) is 6.61. The topological polar surface area (TPSA) is 55.1 Å². The molecule has 16 heavy (non-hydrogen) atoms. The highest BCUT2D eigenvalue weighted by Gasteiger charge is 2.38. The van der Waals surface area contributed by atoms with Crippen molar-refractivity contribution in [3.8, 4) is 0 Å². The van der Waals surface area contributed by atoms with Gasteiger partial charge >= 0.3 is 0 Å². The van der Waals surface area contributed by atoms with Gasteiger partial charge in [-0.3, -0.25) is 4.79 Å². The van der Waals surface area contributed by atoms with Gasteiger partial charge in [-0.2, -0.15) is 0 Å². The zero-order valence-corrected chi connectivity index (χ0v) is 10.3.